The molecule has 0 amide bonds. The number of thiophene rings is 1. The number of hydrogen-bond donors (Lipinski definition) is 1. The van der Waals surface area contributed by atoms with E-state index < -0.39 is 10.8 Å². The van der Waals surface area contributed by atoms with E-state index in [1.54, 1.807) is 23.9 Å². The number of hydrogen-bond acceptors (Lipinski definition) is 4. The van der Waals surface area contributed by atoms with Gasteiger partial charge in [0.1, 0.15) is 11.8 Å². The minimum Gasteiger partial charge on any atom is -0.467 e. The van der Waals surface area contributed by atoms with Crippen molar-refractivity contribution in [1.82, 2.24) is 5.32 Å². The van der Waals surface area contributed by atoms with Gasteiger partial charge in [0.15, 0.2) is 0 Å². The standard InChI is InChI=1S/C14H18ClNO2S2/c1-10(7-9-20(2)17)16-14(11-4-3-8-18-11)12-5-6-13(15)19-12/h3-6,8,10,14,16H,7,9H2,1-2H3. The van der Waals surface area contributed by atoms with E-state index in [9.17, 15) is 4.21 Å². The minimum atomic E-state index is -0.760. The number of nitrogens with one attached hydrogen (secondary N) is 1. The van der Waals surface area contributed by atoms with Gasteiger partial charge in [-0.1, -0.05) is 11.6 Å². The molecular weight excluding hydrogens is 314 g/mol. The van der Waals surface area contributed by atoms with E-state index in [1.807, 2.05) is 24.3 Å². The van der Waals surface area contributed by atoms with Gasteiger partial charge in [-0.25, -0.2) is 0 Å². The van der Waals surface area contributed by atoms with Crippen molar-refractivity contribution in [2.75, 3.05) is 12.0 Å². The molecule has 20 heavy (non-hydrogen) atoms. The molecule has 0 aromatic carbocycles. The highest BCUT2D eigenvalue weighted by atomic mass is 35.5. The smallest absolute Gasteiger partial charge is 0.126 e. The van der Waals surface area contributed by atoms with E-state index in [2.05, 4.69) is 12.2 Å². The highest BCUT2D eigenvalue weighted by Gasteiger charge is 2.20. The molecule has 0 radical (unpaired) electrons. The summed E-state index contributed by atoms with van der Waals surface area (Å²) in [5.74, 6) is 1.57. The van der Waals surface area contributed by atoms with Crippen LogP contribution in [0.1, 0.15) is 30.0 Å². The van der Waals surface area contributed by atoms with Crippen LogP contribution >= 0.6 is 22.9 Å². The van der Waals surface area contributed by atoms with E-state index in [1.165, 1.54) is 0 Å². The molecule has 0 spiro atoms. The fraction of sp³-hybridized carbons (Fsp3) is 0.429. The minimum absolute atomic E-state index is 0.0113. The molecule has 0 aliphatic rings. The zero-order valence-corrected chi connectivity index (χ0v) is 13.9. The van der Waals surface area contributed by atoms with Gasteiger partial charge in [-0.3, -0.25) is 4.21 Å². The second-order valence-electron chi connectivity index (χ2n) is 4.72. The maximum Gasteiger partial charge on any atom is 0.126 e. The SMILES string of the molecule is CC(CCS(C)=O)NC(c1ccco1)c1ccc(Cl)s1. The summed E-state index contributed by atoms with van der Waals surface area (Å²) < 4.78 is 17.5. The van der Waals surface area contributed by atoms with Crippen LogP contribution < -0.4 is 5.32 Å². The Morgan fingerprint density at radius 3 is 2.80 bits per heavy atom. The van der Waals surface area contributed by atoms with Crippen LogP contribution in [0.5, 0.6) is 0 Å². The van der Waals surface area contributed by atoms with Crippen LogP contribution in [-0.4, -0.2) is 22.3 Å². The zero-order chi connectivity index (χ0) is 14.5. The number of furan rings is 1. The average Bonchev–Trinajstić information content (AvgIpc) is 3.04. The third-order valence-electron chi connectivity index (χ3n) is 3.00. The number of halogens is 1. The number of rotatable bonds is 7. The molecule has 1 N–H and O–H groups in total. The Balaban J connectivity index is 2.10. The highest BCUT2D eigenvalue weighted by Crippen LogP contribution is 2.31. The predicted octanol–water partition coefficient (Wildman–Crippen LogP) is 3.83. The summed E-state index contributed by atoms with van der Waals surface area (Å²) in [6.07, 6.45) is 4.26. The summed E-state index contributed by atoms with van der Waals surface area (Å²) in [6.45, 7) is 2.10. The van der Waals surface area contributed by atoms with Crippen molar-refractivity contribution in [3.05, 3.63) is 45.5 Å². The molecule has 2 heterocycles. The molecule has 2 aromatic heterocycles. The first-order valence-electron chi connectivity index (χ1n) is 6.41. The van der Waals surface area contributed by atoms with Crippen molar-refractivity contribution in [2.45, 2.75) is 25.4 Å². The van der Waals surface area contributed by atoms with Gasteiger partial charge >= 0.3 is 0 Å². The molecule has 110 valence electrons. The summed E-state index contributed by atoms with van der Waals surface area (Å²) in [7, 11) is -0.760. The first-order chi connectivity index (χ1) is 9.56. The van der Waals surface area contributed by atoms with Crippen molar-refractivity contribution in [1.29, 1.82) is 0 Å². The molecule has 0 aliphatic heterocycles. The van der Waals surface area contributed by atoms with Gasteiger partial charge in [0.05, 0.1) is 10.6 Å². The normalized spacial score (nSPS) is 15.9. The zero-order valence-electron chi connectivity index (χ0n) is 11.5. The molecule has 6 heteroatoms. The first-order valence-corrected chi connectivity index (χ1v) is 9.33. The third-order valence-corrected chi connectivity index (χ3v) is 5.10. The van der Waals surface area contributed by atoms with Gasteiger partial charge in [0.2, 0.25) is 0 Å². The first kappa shape index (κ1) is 15.8. The van der Waals surface area contributed by atoms with Crippen molar-refractivity contribution in [3.63, 3.8) is 0 Å². The van der Waals surface area contributed by atoms with Gasteiger partial charge in [-0.2, -0.15) is 0 Å². The van der Waals surface area contributed by atoms with Crippen molar-refractivity contribution in [2.24, 2.45) is 0 Å². The molecule has 0 saturated heterocycles. The Bertz CT molecular complexity index is 553. The molecule has 0 aliphatic carbocycles. The van der Waals surface area contributed by atoms with E-state index in [-0.39, 0.29) is 12.1 Å². The summed E-state index contributed by atoms with van der Waals surface area (Å²) in [4.78, 5) is 1.12. The van der Waals surface area contributed by atoms with Crippen LogP contribution in [0.2, 0.25) is 4.34 Å². The summed E-state index contributed by atoms with van der Waals surface area (Å²) in [5, 5.41) is 3.53. The Morgan fingerprint density at radius 2 is 2.25 bits per heavy atom. The van der Waals surface area contributed by atoms with E-state index in [0.717, 1.165) is 21.4 Å². The molecule has 0 bridgehead atoms. The lowest BCUT2D eigenvalue weighted by Gasteiger charge is -2.20. The lowest BCUT2D eigenvalue weighted by Crippen LogP contribution is -2.31. The van der Waals surface area contributed by atoms with Crippen LogP contribution in [0, 0.1) is 0 Å². The Labute approximate surface area is 130 Å². The average molecular weight is 332 g/mol. The maximum atomic E-state index is 11.2. The van der Waals surface area contributed by atoms with Crippen LogP contribution in [0.15, 0.2) is 34.9 Å². The lowest BCUT2D eigenvalue weighted by molar-refractivity contribution is 0.413. The van der Waals surface area contributed by atoms with E-state index in [4.69, 9.17) is 16.0 Å². The van der Waals surface area contributed by atoms with Crippen molar-refractivity contribution >= 4 is 33.7 Å². The van der Waals surface area contributed by atoms with Crippen LogP contribution in [-0.2, 0) is 10.8 Å². The second kappa shape index (κ2) is 7.41. The maximum absolute atomic E-state index is 11.2. The molecule has 2 rings (SSSR count). The van der Waals surface area contributed by atoms with Crippen LogP contribution in [0.3, 0.4) is 0 Å². The lowest BCUT2D eigenvalue weighted by atomic mass is 10.1. The summed E-state index contributed by atoms with van der Waals surface area (Å²) >= 11 is 7.57. The van der Waals surface area contributed by atoms with Gasteiger partial charge < -0.3 is 9.73 Å². The molecule has 0 fully saturated rings. The van der Waals surface area contributed by atoms with Gasteiger partial charge in [0, 0.05) is 33.7 Å². The highest BCUT2D eigenvalue weighted by molar-refractivity contribution is 7.84. The molecule has 3 unspecified atom stereocenters. The fourth-order valence-corrected chi connectivity index (χ4v) is 3.77. The van der Waals surface area contributed by atoms with Crippen molar-refractivity contribution < 1.29 is 8.63 Å². The summed E-state index contributed by atoms with van der Waals surface area (Å²) in [6, 6.07) is 7.97. The second-order valence-corrected chi connectivity index (χ2v) is 8.03. The quantitative estimate of drug-likeness (QED) is 0.838. The van der Waals surface area contributed by atoms with Gasteiger partial charge in [0.25, 0.3) is 0 Å². The molecule has 3 atom stereocenters. The molecule has 2 aromatic rings. The van der Waals surface area contributed by atoms with Crippen molar-refractivity contribution in [3.8, 4) is 0 Å². The van der Waals surface area contributed by atoms with E-state index >= 15 is 0 Å². The molecule has 0 saturated carbocycles. The molecule has 3 nitrogen and oxygen atoms in total. The monoisotopic (exact) mass is 331 g/mol. The molecular formula is C14H18ClNO2S2. The van der Waals surface area contributed by atoms with Gasteiger partial charge in [-0.15, -0.1) is 11.3 Å². The predicted molar refractivity (Wildman–Crippen MR) is 86.0 cm³/mol. The fourth-order valence-electron chi connectivity index (χ4n) is 1.95. The van der Waals surface area contributed by atoms with Crippen LogP contribution in [0.4, 0.5) is 0 Å². The Morgan fingerprint density at radius 1 is 1.45 bits per heavy atom. The summed E-state index contributed by atoms with van der Waals surface area (Å²) in [5.41, 5.74) is 0. The largest absolute Gasteiger partial charge is 0.467 e. The Hall–Kier alpha value is -0.620. The van der Waals surface area contributed by atoms with E-state index in [0.29, 0.717) is 5.75 Å². The third kappa shape index (κ3) is 4.45. The topological polar surface area (TPSA) is 42.2 Å². The van der Waals surface area contributed by atoms with Crippen LogP contribution in [0.25, 0.3) is 0 Å². The Kier molecular flexibility index (Phi) is 5.84. The van der Waals surface area contributed by atoms with Gasteiger partial charge in [-0.05, 0) is 37.6 Å².